The average molecular weight is 260 g/mol. The molecule has 1 fully saturated rings. The molecule has 2 heteroatoms. The molecule has 2 nitrogen and oxygen atoms in total. The fourth-order valence-corrected chi connectivity index (χ4v) is 2.68. The average Bonchev–Trinajstić information content (AvgIpc) is 2.38. The van der Waals surface area contributed by atoms with Crippen molar-refractivity contribution < 1.29 is 9.53 Å². The summed E-state index contributed by atoms with van der Waals surface area (Å²) in [5, 5.41) is 0. The minimum absolute atomic E-state index is 0.118. The maximum atomic E-state index is 11.3. The zero-order valence-electron chi connectivity index (χ0n) is 11.9. The SMILES string of the molecule is CC(=O)c1cccc(COC2CCCCCCC2)c1. The molecular weight excluding hydrogens is 236 g/mol. The monoisotopic (exact) mass is 260 g/mol. The molecule has 1 aromatic carbocycles. The smallest absolute Gasteiger partial charge is 0.159 e. The molecule has 0 aliphatic heterocycles. The van der Waals surface area contributed by atoms with Crippen LogP contribution in [0.2, 0.25) is 0 Å². The van der Waals surface area contributed by atoms with Crippen LogP contribution in [0.25, 0.3) is 0 Å². The zero-order chi connectivity index (χ0) is 13.5. The van der Waals surface area contributed by atoms with Crippen molar-refractivity contribution in [1.29, 1.82) is 0 Å². The van der Waals surface area contributed by atoms with Crippen LogP contribution in [-0.4, -0.2) is 11.9 Å². The van der Waals surface area contributed by atoms with Crippen molar-refractivity contribution in [2.75, 3.05) is 0 Å². The van der Waals surface area contributed by atoms with Gasteiger partial charge in [0.1, 0.15) is 0 Å². The Morgan fingerprint density at radius 3 is 2.53 bits per heavy atom. The lowest BCUT2D eigenvalue weighted by Gasteiger charge is -2.20. The largest absolute Gasteiger partial charge is 0.374 e. The molecule has 0 heterocycles. The summed E-state index contributed by atoms with van der Waals surface area (Å²) in [6.45, 7) is 2.24. The molecule has 104 valence electrons. The van der Waals surface area contributed by atoms with Gasteiger partial charge in [-0.25, -0.2) is 0 Å². The van der Waals surface area contributed by atoms with E-state index in [-0.39, 0.29) is 5.78 Å². The van der Waals surface area contributed by atoms with Crippen LogP contribution in [0.3, 0.4) is 0 Å². The first-order chi connectivity index (χ1) is 9.25. The number of benzene rings is 1. The van der Waals surface area contributed by atoms with Crippen LogP contribution in [0, 0.1) is 0 Å². The molecule has 1 aromatic rings. The highest BCUT2D eigenvalue weighted by Crippen LogP contribution is 2.20. The highest BCUT2D eigenvalue weighted by molar-refractivity contribution is 5.94. The van der Waals surface area contributed by atoms with Gasteiger partial charge in [0.2, 0.25) is 0 Å². The molecule has 0 N–H and O–H groups in total. The summed E-state index contributed by atoms with van der Waals surface area (Å²) in [5.74, 6) is 0.118. The molecule has 0 unspecified atom stereocenters. The Labute approximate surface area is 116 Å². The second-order valence-electron chi connectivity index (χ2n) is 5.53. The van der Waals surface area contributed by atoms with E-state index in [1.54, 1.807) is 6.92 Å². The van der Waals surface area contributed by atoms with Gasteiger partial charge in [-0.15, -0.1) is 0 Å². The Morgan fingerprint density at radius 1 is 1.16 bits per heavy atom. The van der Waals surface area contributed by atoms with Crippen LogP contribution in [0.15, 0.2) is 24.3 Å². The summed E-state index contributed by atoms with van der Waals surface area (Å²) in [4.78, 5) is 11.3. The standard InChI is InChI=1S/C17H24O2/c1-14(18)16-9-7-8-15(12-16)13-19-17-10-5-3-2-4-6-11-17/h7-9,12,17H,2-6,10-11,13H2,1H3. The van der Waals surface area contributed by atoms with Crippen molar-refractivity contribution in [3.8, 4) is 0 Å². The number of carbonyl (C=O) groups excluding carboxylic acids is 1. The summed E-state index contributed by atoms with van der Waals surface area (Å²) in [6.07, 6.45) is 9.43. The topological polar surface area (TPSA) is 26.3 Å². The number of hydrogen-bond acceptors (Lipinski definition) is 2. The zero-order valence-corrected chi connectivity index (χ0v) is 11.9. The molecule has 0 amide bonds. The summed E-state index contributed by atoms with van der Waals surface area (Å²) in [6, 6.07) is 7.79. The van der Waals surface area contributed by atoms with Gasteiger partial charge in [0.15, 0.2) is 5.78 Å². The van der Waals surface area contributed by atoms with Gasteiger partial charge < -0.3 is 4.74 Å². The summed E-state index contributed by atoms with van der Waals surface area (Å²) in [7, 11) is 0. The quantitative estimate of drug-likeness (QED) is 0.744. The van der Waals surface area contributed by atoms with Gasteiger partial charge in [-0.05, 0) is 31.4 Å². The molecular formula is C17H24O2. The first-order valence-corrected chi connectivity index (χ1v) is 7.47. The number of rotatable bonds is 4. The lowest BCUT2D eigenvalue weighted by atomic mass is 9.98. The minimum Gasteiger partial charge on any atom is -0.374 e. The van der Waals surface area contributed by atoms with E-state index in [1.165, 1.54) is 44.9 Å². The lowest BCUT2D eigenvalue weighted by molar-refractivity contribution is 0.0236. The van der Waals surface area contributed by atoms with Gasteiger partial charge in [0.25, 0.3) is 0 Å². The minimum atomic E-state index is 0.118. The number of Topliss-reactive ketones (excluding diaryl/α,β-unsaturated/α-hetero) is 1. The molecule has 2 rings (SSSR count). The number of ketones is 1. The Balaban J connectivity index is 1.86. The van der Waals surface area contributed by atoms with E-state index in [4.69, 9.17) is 4.74 Å². The molecule has 0 saturated heterocycles. The van der Waals surface area contributed by atoms with Gasteiger partial charge in [-0.3, -0.25) is 4.79 Å². The summed E-state index contributed by atoms with van der Waals surface area (Å²) in [5.41, 5.74) is 1.88. The predicted octanol–water partition coefficient (Wildman–Crippen LogP) is 4.52. The number of ether oxygens (including phenoxy) is 1. The first kappa shape index (κ1) is 14.3. The maximum Gasteiger partial charge on any atom is 0.159 e. The van der Waals surface area contributed by atoms with Crippen molar-refractivity contribution in [1.82, 2.24) is 0 Å². The third kappa shape index (κ3) is 4.79. The molecule has 0 radical (unpaired) electrons. The van der Waals surface area contributed by atoms with E-state index in [0.717, 1.165) is 11.1 Å². The van der Waals surface area contributed by atoms with Gasteiger partial charge in [0, 0.05) is 5.56 Å². The molecule has 19 heavy (non-hydrogen) atoms. The van der Waals surface area contributed by atoms with Crippen molar-refractivity contribution in [3.63, 3.8) is 0 Å². The third-order valence-electron chi connectivity index (χ3n) is 3.87. The normalized spacial score (nSPS) is 17.7. The molecule has 1 saturated carbocycles. The molecule has 0 atom stereocenters. The van der Waals surface area contributed by atoms with Gasteiger partial charge in [0.05, 0.1) is 12.7 Å². The Hall–Kier alpha value is -1.15. The second kappa shape index (κ2) is 7.44. The van der Waals surface area contributed by atoms with E-state index in [9.17, 15) is 4.79 Å². The maximum absolute atomic E-state index is 11.3. The van der Waals surface area contributed by atoms with Gasteiger partial charge >= 0.3 is 0 Å². The third-order valence-corrected chi connectivity index (χ3v) is 3.87. The van der Waals surface area contributed by atoms with Gasteiger partial charge in [-0.1, -0.05) is 50.3 Å². The molecule has 0 spiro atoms. The Morgan fingerprint density at radius 2 is 1.84 bits per heavy atom. The molecule has 0 bridgehead atoms. The highest BCUT2D eigenvalue weighted by Gasteiger charge is 2.12. The Kier molecular flexibility index (Phi) is 5.59. The van der Waals surface area contributed by atoms with Crippen LogP contribution < -0.4 is 0 Å². The predicted molar refractivity (Wildman–Crippen MR) is 77.3 cm³/mol. The first-order valence-electron chi connectivity index (χ1n) is 7.47. The number of carbonyl (C=O) groups is 1. The van der Waals surface area contributed by atoms with Crippen LogP contribution in [-0.2, 0) is 11.3 Å². The van der Waals surface area contributed by atoms with Crippen LogP contribution >= 0.6 is 0 Å². The Bertz CT molecular complexity index is 403. The van der Waals surface area contributed by atoms with Crippen molar-refractivity contribution in [3.05, 3.63) is 35.4 Å². The van der Waals surface area contributed by atoms with E-state index in [2.05, 4.69) is 0 Å². The molecule has 0 aromatic heterocycles. The highest BCUT2D eigenvalue weighted by atomic mass is 16.5. The molecule has 1 aliphatic carbocycles. The number of hydrogen-bond donors (Lipinski definition) is 0. The van der Waals surface area contributed by atoms with Crippen molar-refractivity contribution >= 4 is 5.78 Å². The van der Waals surface area contributed by atoms with E-state index in [1.807, 2.05) is 24.3 Å². The van der Waals surface area contributed by atoms with Crippen LogP contribution in [0.1, 0.15) is 67.8 Å². The summed E-state index contributed by atoms with van der Waals surface area (Å²) < 4.78 is 6.03. The van der Waals surface area contributed by atoms with Crippen molar-refractivity contribution in [2.24, 2.45) is 0 Å². The van der Waals surface area contributed by atoms with E-state index >= 15 is 0 Å². The summed E-state index contributed by atoms with van der Waals surface area (Å²) >= 11 is 0. The van der Waals surface area contributed by atoms with Gasteiger partial charge in [-0.2, -0.15) is 0 Å². The fraction of sp³-hybridized carbons (Fsp3) is 0.588. The van der Waals surface area contributed by atoms with Crippen LogP contribution in [0.4, 0.5) is 0 Å². The van der Waals surface area contributed by atoms with E-state index in [0.29, 0.717) is 12.7 Å². The fourth-order valence-electron chi connectivity index (χ4n) is 2.68. The second-order valence-corrected chi connectivity index (χ2v) is 5.53. The molecule has 1 aliphatic rings. The van der Waals surface area contributed by atoms with E-state index < -0.39 is 0 Å². The van der Waals surface area contributed by atoms with Crippen molar-refractivity contribution in [2.45, 2.75) is 64.6 Å². The van der Waals surface area contributed by atoms with Crippen LogP contribution in [0.5, 0.6) is 0 Å². The lowest BCUT2D eigenvalue weighted by Crippen LogP contribution is -2.14.